The van der Waals surface area contributed by atoms with Crippen LogP contribution in [-0.2, 0) is 0 Å². The van der Waals surface area contributed by atoms with E-state index in [1.54, 1.807) is 0 Å². The zero-order valence-corrected chi connectivity index (χ0v) is 8.32. The third kappa shape index (κ3) is 5.44. The van der Waals surface area contributed by atoms with E-state index < -0.39 is 12.7 Å². The van der Waals surface area contributed by atoms with Gasteiger partial charge in [0, 0.05) is 13.1 Å². The number of nitrogens with one attached hydrogen (secondary N) is 2. The number of rotatable bonds is 6. The Bertz CT molecular complexity index is 170. The fourth-order valence-corrected chi connectivity index (χ4v) is 1.38. The molecule has 2 N–H and O–H groups in total. The van der Waals surface area contributed by atoms with Gasteiger partial charge in [-0.2, -0.15) is 13.2 Å². The van der Waals surface area contributed by atoms with E-state index in [-0.39, 0.29) is 0 Å². The maximum atomic E-state index is 11.7. The third-order valence-corrected chi connectivity index (χ3v) is 2.49. The highest BCUT2D eigenvalue weighted by Gasteiger charge is 2.31. The van der Waals surface area contributed by atoms with Gasteiger partial charge in [0.1, 0.15) is 0 Å². The molecule has 2 atom stereocenters. The van der Waals surface area contributed by atoms with E-state index in [0.29, 0.717) is 13.1 Å². The molecule has 0 aromatic carbocycles. The van der Waals surface area contributed by atoms with Crippen LogP contribution in [0, 0.1) is 11.8 Å². The molecule has 0 heterocycles. The van der Waals surface area contributed by atoms with Crippen LogP contribution in [0.4, 0.5) is 13.2 Å². The highest BCUT2D eigenvalue weighted by molar-refractivity contribution is 4.83. The van der Waals surface area contributed by atoms with Crippen LogP contribution in [0.3, 0.4) is 0 Å². The van der Waals surface area contributed by atoms with Crippen LogP contribution in [0.15, 0.2) is 0 Å². The monoisotopic (exact) mass is 210 g/mol. The molecular weight excluding hydrogens is 193 g/mol. The topological polar surface area (TPSA) is 24.1 Å². The summed E-state index contributed by atoms with van der Waals surface area (Å²) in [5.41, 5.74) is 0. The predicted molar refractivity (Wildman–Crippen MR) is 49.1 cm³/mol. The van der Waals surface area contributed by atoms with E-state index in [4.69, 9.17) is 0 Å². The molecule has 0 bridgehead atoms. The minimum atomic E-state index is -4.09. The van der Waals surface area contributed by atoms with Crippen molar-refractivity contribution in [3.05, 3.63) is 0 Å². The van der Waals surface area contributed by atoms with Crippen molar-refractivity contribution < 1.29 is 13.2 Å². The Morgan fingerprint density at radius 1 is 1.21 bits per heavy atom. The molecule has 0 spiro atoms. The molecule has 84 valence electrons. The Kier molecular flexibility index (Phi) is 4.19. The zero-order valence-electron chi connectivity index (χ0n) is 8.32. The molecule has 2 nitrogen and oxygen atoms in total. The summed E-state index contributed by atoms with van der Waals surface area (Å²) in [6, 6.07) is 0. The minimum absolute atomic E-state index is 0.376. The smallest absolute Gasteiger partial charge is 0.315 e. The standard InChI is InChI=1S/C9H17F3N2/c1-7-4-8(7)5-13-2-3-14-6-9(10,11)12/h7-8,13-14H,2-6H2,1H3. The first kappa shape index (κ1) is 11.8. The van der Waals surface area contributed by atoms with E-state index in [1.807, 2.05) is 0 Å². The van der Waals surface area contributed by atoms with Gasteiger partial charge < -0.3 is 10.6 Å². The molecule has 14 heavy (non-hydrogen) atoms. The number of hydrogen-bond donors (Lipinski definition) is 2. The fourth-order valence-electron chi connectivity index (χ4n) is 1.38. The lowest BCUT2D eigenvalue weighted by Crippen LogP contribution is -2.34. The highest BCUT2D eigenvalue weighted by Crippen LogP contribution is 2.36. The van der Waals surface area contributed by atoms with Crippen LogP contribution >= 0.6 is 0 Å². The first-order chi connectivity index (χ1) is 6.49. The maximum Gasteiger partial charge on any atom is 0.401 e. The minimum Gasteiger partial charge on any atom is -0.315 e. The molecule has 0 aliphatic heterocycles. The molecule has 1 aliphatic carbocycles. The molecule has 1 fully saturated rings. The van der Waals surface area contributed by atoms with Crippen LogP contribution in [0.25, 0.3) is 0 Å². The number of alkyl halides is 3. The summed E-state index contributed by atoms with van der Waals surface area (Å²) in [6.45, 7) is 3.22. The van der Waals surface area contributed by atoms with Gasteiger partial charge in [-0.3, -0.25) is 0 Å². The van der Waals surface area contributed by atoms with Gasteiger partial charge in [-0.15, -0.1) is 0 Å². The zero-order chi connectivity index (χ0) is 10.6. The average Bonchev–Trinajstić information content (AvgIpc) is 2.72. The largest absolute Gasteiger partial charge is 0.401 e. The Labute approximate surface area is 82.2 Å². The second-order valence-corrected chi connectivity index (χ2v) is 3.97. The summed E-state index contributed by atoms with van der Waals surface area (Å²) < 4.78 is 35.0. The Morgan fingerprint density at radius 3 is 2.29 bits per heavy atom. The van der Waals surface area contributed by atoms with E-state index >= 15 is 0 Å². The van der Waals surface area contributed by atoms with Crippen molar-refractivity contribution in [3.63, 3.8) is 0 Å². The normalized spacial score (nSPS) is 26.6. The maximum absolute atomic E-state index is 11.7. The van der Waals surface area contributed by atoms with Crippen molar-refractivity contribution in [1.82, 2.24) is 10.6 Å². The Hall–Kier alpha value is -0.290. The lowest BCUT2D eigenvalue weighted by Gasteiger charge is -2.08. The van der Waals surface area contributed by atoms with Gasteiger partial charge in [0.25, 0.3) is 0 Å². The van der Waals surface area contributed by atoms with Gasteiger partial charge in [-0.25, -0.2) is 0 Å². The van der Waals surface area contributed by atoms with Crippen LogP contribution in [0.2, 0.25) is 0 Å². The molecule has 2 unspecified atom stereocenters. The molecule has 1 saturated carbocycles. The summed E-state index contributed by atoms with van der Waals surface area (Å²) in [4.78, 5) is 0. The summed E-state index contributed by atoms with van der Waals surface area (Å²) in [5, 5.41) is 5.48. The molecule has 0 aromatic rings. The fraction of sp³-hybridized carbons (Fsp3) is 1.00. The first-order valence-corrected chi connectivity index (χ1v) is 4.97. The van der Waals surface area contributed by atoms with Crippen molar-refractivity contribution in [3.8, 4) is 0 Å². The third-order valence-electron chi connectivity index (χ3n) is 2.49. The van der Waals surface area contributed by atoms with Gasteiger partial charge in [-0.05, 0) is 24.8 Å². The Balaban J connectivity index is 1.80. The van der Waals surface area contributed by atoms with Crippen LogP contribution in [0.1, 0.15) is 13.3 Å². The van der Waals surface area contributed by atoms with Crippen molar-refractivity contribution in [1.29, 1.82) is 0 Å². The van der Waals surface area contributed by atoms with Gasteiger partial charge in [0.2, 0.25) is 0 Å². The second kappa shape index (κ2) is 4.98. The first-order valence-electron chi connectivity index (χ1n) is 4.97. The second-order valence-electron chi connectivity index (χ2n) is 3.97. The van der Waals surface area contributed by atoms with Crippen LogP contribution in [0.5, 0.6) is 0 Å². The highest BCUT2D eigenvalue weighted by atomic mass is 19.4. The van der Waals surface area contributed by atoms with Gasteiger partial charge in [-0.1, -0.05) is 6.92 Å². The van der Waals surface area contributed by atoms with Crippen LogP contribution in [-0.4, -0.2) is 32.4 Å². The van der Waals surface area contributed by atoms with Crippen molar-refractivity contribution in [2.45, 2.75) is 19.5 Å². The van der Waals surface area contributed by atoms with Crippen LogP contribution < -0.4 is 10.6 Å². The number of hydrogen-bond acceptors (Lipinski definition) is 2. The molecule has 0 saturated heterocycles. The van der Waals surface area contributed by atoms with Gasteiger partial charge >= 0.3 is 6.18 Å². The molecule has 1 rings (SSSR count). The SMILES string of the molecule is CC1CC1CNCCNCC(F)(F)F. The quantitative estimate of drug-likeness (QED) is 0.647. The summed E-state index contributed by atoms with van der Waals surface area (Å²) >= 11 is 0. The lowest BCUT2D eigenvalue weighted by atomic mass is 10.3. The molecule has 1 aliphatic rings. The van der Waals surface area contributed by atoms with Gasteiger partial charge in [0.05, 0.1) is 6.54 Å². The summed E-state index contributed by atoms with van der Waals surface area (Å²) in [7, 11) is 0. The predicted octanol–water partition coefficient (Wildman–Crippen LogP) is 1.38. The Morgan fingerprint density at radius 2 is 1.79 bits per heavy atom. The van der Waals surface area contributed by atoms with E-state index in [2.05, 4.69) is 17.6 Å². The molecule has 0 radical (unpaired) electrons. The van der Waals surface area contributed by atoms with E-state index in [1.165, 1.54) is 6.42 Å². The molecule has 0 amide bonds. The van der Waals surface area contributed by atoms with Crippen molar-refractivity contribution in [2.24, 2.45) is 11.8 Å². The van der Waals surface area contributed by atoms with Crippen molar-refractivity contribution in [2.75, 3.05) is 26.2 Å². The molecule has 5 heteroatoms. The van der Waals surface area contributed by atoms with Gasteiger partial charge in [0.15, 0.2) is 0 Å². The van der Waals surface area contributed by atoms with Crippen molar-refractivity contribution >= 4 is 0 Å². The number of halogens is 3. The van der Waals surface area contributed by atoms with E-state index in [0.717, 1.165) is 18.4 Å². The van der Waals surface area contributed by atoms with E-state index in [9.17, 15) is 13.2 Å². The average molecular weight is 210 g/mol. The summed E-state index contributed by atoms with van der Waals surface area (Å²) in [5.74, 6) is 1.54. The summed E-state index contributed by atoms with van der Waals surface area (Å²) in [6.07, 6.45) is -2.84. The molecule has 0 aromatic heterocycles. The lowest BCUT2D eigenvalue weighted by molar-refractivity contribution is -0.124. The molecular formula is C9H17F3N2.